The molecule has 0 aliphatic heterocycles. The van der Waals surface area contributed by atoms with Crippen molar-refractivity contribution in [3.8, 4) is 5.75 Å². The molecule has 0 fully saturated rings. The fraction of sp³-hybridized carbons (Fsp3) is 0.294. The molecule has 0 N–H and O–H groups in total. The predicted octanol–water partition coefficient (Wildman–Crippen LogP) is 5.39. The molecule has 0 aliphatic carbocycles. The van der Waals surface area contributed by atoms with Gasteiger partial charge in [0.2, 0.25) is 0 Å². The van der Waals surface area contributed by atoms with E-state index in [-0.39, 0.29) is 5.56 Å². The molecule has 0 amide bonds. The molecule has 2 aromatic rings. The van der Waals surface area contributed by atoms with E-state index in [4.69, 9.17) is 16.3 Å². The van der Waals surface area contributed by atoms with Crippen LogP contribution in [0.25, 0.3) is 0 Å². The first-order chi connectivity index (χ1) is 10.0. The molecular formula is C17H17ClF2O. The van der Waals surface area contributed by atoms with Crippen LogP contribution in [0.15, 0.2) is 36.4 Å². The molecule has 4 heteroatoms. The van der Waals surface area contributed by atoms with E-state index in [1.165, 1.54) is 6.07 Å². The Hall–Kier alpha value is -1.61. The van der Waals surface area contributed by atoms with Gasteiger partial charge in [-0.2, -0.15) is 0 Å². The van der Waals surface area contributed by atoms with E-state index in [1.54, 1.807) is 19.1 Å². The summed E-state index contributed by atoms with van der Waals surface area (Å²) < 4.78 is 32.8. The van der Waals surface area contributed by atoms with E-state index in [2.05, 4.69) is 0 Å². The molecule has 2 rings (SSSR count). The first kappa shape index (κ1) is 15.8. The van der Waals surface area contributed by atoms with Gasteiger partial charge in [-0.25, -0.2) is 8.78 Å². The van der Waals surface area contributed by atoms with Gasteiger partial charge in [0.15, 0.2) is 0 Å². The van der Waals surface area contributed by atoms with Crippen LogP contribution in [0.1, 0.15) is 35.4 Å². The van der Waals surface area contributed by atoms with E-state index >= 15 is 0 Å². The molecule has 21 heavy (non-hydrogen) atoms. The highest BCUT2D eigenvalue weighted by molar-refractivity contribution is 6.22. The maximum Gasteiger partial charge on any atom is 0.131 e. The second-order valence-electron chi connectivity index (χ2n) is 4.91. The average Bonchev–Trinajstić information content (AvgIpc) is 2.48. The van der Waals surface area contributed by atoms with Gasteiger partial charge < -0.3 is 4.74 Å². The molecule has 112 valence electrons. The summed E-state index contributed by atoms with van der Waals surface area (Å²) in [5, 5.41) is -0.686. The number of rotatable bonds is 5. The average molecular weight is 311 g/mol. The van der Waals surface area contributed by atoms with E-state index in [0.717, 1.165) is 18.1 Å². The minimum atomic E-state index is -0.686. The Kier molecular flexibility index (Phi) is 5.18. The lowest BCUT2D eigenvalue weighted by atomic mass is 10.0. The molecule has 0 saturated heterocycles. The van der Waals surface area contributed by atoms with Gasteiger partial charge in [-0.05, 0) is 42.7 Å². The minimum absolute atomic E-state index is 0.267. The van der Waals surface area contributed by atoms with Gasteiger partial charge in [0.25, 0.3) is 0 Å². The molecule has 0 radical (unpaired) electrons. The number of alkyl halides is 1. The lowest BCUT2D eigenvalue weighted by molar-refractivity contribution is 0.317. The predicted molar refractivity (Wildman–Crippen MR) is 81.0 cm³/mol. The van der Waals surface area contributed by atoms with Crippen LogP contribution in [0.4, 0.5) is 8.78 Å². The smallest absolute Gasteiger partial charge is 0.131 e. The molecule has 0 heterocycles. The number of halogens is 3. The van der Waals surface area contributed by atoms with Crippen LogP contribution in [-0.2, 0) is 0 Å². The summed E-state index contributed by atoms with van der Waals surface area (Å²) in [4.78, 5) is 0. The number of hydrogen-bond donors (Lipinski definition) is 0. The molecule has 1 unspecified atom stereocenters. The highest BCUT2D eigenvalue weighted by atomic mass is 35.5. The van der Waals surface area contributed by atoms with Crippen molar-refractivity contribution in [2.24, 2.45) is 0 Å². The molecule has 0 saturated carbocycles. The summed E-state index contributed by atoms with van der Waals surface area (Å²) in [7, 11) is 0. The van der Waals surface area contributed by atoms with Gasteiger partial charge in [0.1, 0.15) is 17.4 Å². The van der Waals surface area contributed by atoms with E-state index in [0.29, 0.717) is 17.9 Å². The quantitative estimate of drug-likeness (QED) is 0.673. The standard InChI is InChI=1S/C17H17ClF2O/c1-3-7-21-13-6-4-5-12(9-13)17(18)14-8-11(2)15(19)10-16(14)20/h4-6,8-10,17H,3,7H2,1-2H3. The number of aryl methyl sites for hydroxylation is 1. The molecule has 2 aromatic carbocycles. The van der Waals surface area contributed by atoms with Crippen LogP contribution in [0.2, 0.25) is 0 Å². The van der Waals surface area contributed by atoms with Crippen LogP contribution in [0.3, 0.4) is 0 Å². The zero-order valence-electron chi connectivity index (χ0n) is 12.0. The molecular weight excluding hydrogens is 294 g/mol. The fourth-order valence-electron chi connectivity index (χ4n) is 2.04. The van der Waals surface area contributed by atoms with Crippen molar-refractivity contribution in [3.63, 3.8) is 0 Å². The van der Waals surface area contributed by atoms with Gasteiger partial charge in [-0.3, -0.25) is 0 Å². The van der Waals surface area contributed by atoms with Crippen molar-refractivity contribution in [1.29, 1.82) is 0 Å². The van der Waals surface area contributed by atoms with E-state index in [1.807, 2.05) is 19.1 Å². The normalized spacial score (nSPS) is 12.2. The van der Waals surface area contributed by atoms with E-state index in [9.17, 15) is 8.78 Å². The molecule has 0 spiro atoms. The lowest BCUT2D eigenvalue weighted by Gasteiger charge is -2.14. The Labute approximate surface area is 128 Å². The molecule has 1 atom stereocenters. The Bertz CT molecular complexity index is 628. The maximum atomic E-state index is 13.9. The zero-order valence-corrected chi connectivity index (χ0v) is 12.8. The SMILES string of the molecule is CCCOc1cccc(C(Cl)c2cc(C)c(F)cc2F)c1. The Morgan fingerprint density at radius 2 is 1.90 bits per heavy atom. The third-order valence-corrected chi connectivity index (χ3v) is 3.66. The highest BCUT2D eigenvalue weighted by Gasteiger charge is 2.17. The van der Waals surface area contributed by atoms with Crippen molar-refractivity contribution in [2.45, 2.75) is 25.6 Å². The minimum Gasteiger partial charge on any atom is -0.494 e. The van der Waals surface area contributed by atoms with Gasteiger partial charge in [0, 0.05) is 11.6 Å². The number of ether oxygens (including phenoxy) is 1. The monoisotopic (exact) mass is 310 g/mol. The summed E-state index contributed by atoms with van der Waals surface area (Å²) in [6.07, 6.45) is 0.903. The summed E-state index contributed by atoms with van der Waals surface area (Å²) in [5.41, 5.74) is 1.36. The first-order valence-corrected chi connectivity index (χ1v) is 7.29. The van der Waals surface area contributed by atoms with Crippen molar-refractivity contribution < 1.29 is 13.5 Å². The Balaban J connectivity index is 2.31. The molecule has 0 aliphatic rings. The first-order valence-electron chi connectivity index (χ1n) is 6.85. The maximum absolute atomic E-state index is 13.9. The van der Waals surface area contributed by atoms with Crippen LogP contribution in [0, 0.1) is 18.6 Å². The fourth-order valence-corrected chi connectivity index (χ4v) is 2.34. The third kappa shape index (κ3) is 3.73. The summed E-state index contributed by atoms with van der Waals surface area (Å²) in [6.45, 7) is 4.22. The number of benzene rings is 2. The van der Waals surface area contributed by atoms with Crippen LogP contribution in [0.5, 0.6) is 5.75 Å². The summed E-state index contributed by atoms with van der Waals surface area (Å²) in [6, 6.07) is 9.54. The zero-order chi connectivity index (χ0) is 15.4. The van der Waals surface area contributed by atoms with Gasteiger partial charge >= 0.3 is 0 Å². The van der Waals surface area contributed by atoms with Crippen molar-refractivity contribution in [2.75, 3.05) is 6.61 Å². The van der Waals surface area contributed by atoms with Gasteiger partial charge in [-0.1, -0.05) is 19.1 Å². The largest absolute Gasteiger partial charge is 0.494 e. The van der Waals surface area contributed by atoms with Crippen molar-refractivity contribution >= 4 is 11.6 Å². The second kappa shape index (κ2) is 6.90. The summed E-state index contributed by atoms with van der Waals surface area (Å²) in [5.74, 6) is -0.516. The second-order valence-corrected chi connectivity index (χ2v) is 5.34. The topological polar surface area (TPSA) is 9.23 Å². The Morgan fingerprint density at radius 3 is 2.62 bits per heavy atom. The molecule has 0 aromatic heterocycles. The van der Waals surface area contributed by atoms with Crippen LogP contribution in [-0.4, -0.2) is 6.61 Å². The number of hydrogen-bond acceptors (Lipinski definition) is 1. The molecule has 1 nitrogen and oxygen atoms in total. The van der Waals surface area contributed by atoms with Crippen molar-refractivity contribution in [3.05, 3.63) is 64.7 Å². The van der Waals surface area contributed by atoms with E-state index < -0.39 is 17.0 Å². The third-order valence-electron chi connectivity index (χ3n) is 3.17. The van der Waals surface area contributed by atoms with Gasteiger partial charge in [-0.15, -0.1) is 11.6 Å². The van der Waals surface area contributed by atoms with Crippen LogP contribution < -0.4 is 4.74 Å². The highest BCUT2D eigenvalue weighted by Crippen LogP contribution is 2.33. The Morgan fingerprint density at radius 1 is 1.14 bits per heavy atom. The lowest BCUT2D eigenvalue weighted by Crippen LogP contribution is -2.01. The van der Waals surface area contributed by atoms with Crippen molar-refractivity contribution in [1.82, 2.24) is 0 Å². The summed E-state index contributed by atoms with van der Waals surface area (Å²) >= 11 is 6.35. The van der Waals surface area contributed by atoms with Gasteiger partial charge in [0.05, 0.1) is 12.0 Å². The van der Waals surface area contributed by atoms with Crippen LogP contribution >= 0.6 is 11.6 Å². The molecule has 0 bridgehead atoms.